The van der Waals surface area contributed by atoms with E-state index >= 15 is 0 Å². The largest absolute Gasteiger partial charge is 0.485 e. The summed E-state index contributed by atoms with van der Waals surface area (Å²) in [5, 5.41) is 23.2. The molecule has 0 spiro atoms. The summed E-state index contributed by atoms with van der Waals surface area (Å²) in [6, 6.07) is 11.4. The summed E-state index contributed by atoms with van der Waals surface area (Å²) < 4.78 is 7.69. The molecule has 0 atom stereocenters. The summed E-state index contributed by atoms with van der Waals surface area (Å²) in [6.07, 6.45) is 0. The fourth-order valence-electron chi connectivity index (χ4n) is 2.82. The Balaban J connectivity index is 1.62. The Bertz CT molecular complexity index is 1100. The van der Waals surface area contributed by atoms with Gasteiger partial charge in [0.1, 0.15) is 18.0 Å². The zero-order valence-electron chi connectivity index (χ0n) is 16.9. The summed E-state index contributed by atoms with van der Waals surface area (Å²) in [5.74, 6) is 0.979. The van der Waals surface area contributed by atoms with Crippen LogP contribution in [0.3, 0.4) is 0 Å². The molecule has 0 saturated carbocycles. The van der Waals surface area contributed by atoms with Crippen molar-refractivity contribution in [2.75, 3.05) is 11.1 Å². The van der Waals surface area contributed by atoms with Gasteiger partial charge in [-0.15, -0.1) is 10.2 Å². The molecule has 1 N–H and O–H groups in total. The smallest absolute Gasteiger partial charge is 0.292 e. The van der Waals surface area contributed by atoms with Crippen molar-refractivity contribution in [2.45, 2.75) is 32.2 Å². The number of amides is 1. The molecule has 1 heterocycles. The van der Waals surface area contributed by atoms with Crippen molar-refractivity contribution in [1.82, 2.24) is 14.8 Å². The first kappa shape index (κ1) is 22.6. The average molecular weight is 462 g/mol. The third-order valence-corrected chi connectivity index (χ3v) is 5.51. The fourth-order valence-corrected chi connectivity index (χ4v) is 3.87. The molecule has 0 saturated heterocycles. The summed E-state index contributed by atoms with van der Waals surface area (Å²) in [4.78, 5) is 22.8. The maximum atomic E-state index is 12.3. The molecule has 0 aliphatic heterocycles. The second-order valence-electron chi connectivity index (χ2n) is 6.45. The lowest BCUT2D eigenvalue weighted by molar-refractivity contribution is -0.383. The number of nitrogens with one attached hydrogen (secondary N) is 1. The van der Waals surface area contributed by atoms with Crippen LogP contribution in [-0.4, -0.2) is 31.3 Å². The highest BCUT2D eigenvalue weighted by Crippen LogP contribution is 2.25. The Morgan fingerprint density at radius 3 is 2.77 bits per heavy atom. The summed E-state index contributed by atoms with van der Waals surface area (Å²) >= 11 is 7.17. The minimum atomic E-state index is -0.537. The highest BCUT2D eigenvalue weighted by Gasteiger charge is 2.17. The van der Waals surface area contributed by atoms with Gasteiger partial charge < -0.3 is 14.6 Å². The van der Waals surface area contributed by atoms with Crippen molar-refractivity contribution < 1.29 is 14.5 Å². The van der Waals surface area contributed by atoms with Gasteiger partial charge in [-0.3, -0.25) is 14.9 Å². The van der Waals surface area contributed by atoms with Gasteiger partial charge in [-0.1, -0.05) is 35.5 Å². The molecule has 0 unspecified atom stereocenters. The molecule has 1 aromatic heterocycles. The highest BCUT2D eigenvalue weighted by molar-refractivity contribution is 7.99. The maximum Gasteiger partial charge on any atom is 0.292 e. The molecule has 162 valence electrons. The molecule has 9 nitrogen and oxygen atoms in total. The number of halogens is 1. The van der Waals surface area contributed by atoms with Crippen LogP contribution in [0.15, 0.2) is 47.6 Å². The van der Waals surface area contributed by atoms with Gasteiger partial charge in [0.15, 0.2) is 11.0 Å². The van der Waals surface area contributed by atoms with Crippen LogP contribution in [0.2, 0.25) is 5.02 Å². The topological polar surface area (TPSA) is 112 Å². The number of thioether (sulfide) groups is 1. The number of ether oxygens (including phenoxy) is 1. The van der Waals surface area contributed by atoms with Crippen LogP contribution < -0.4 is 10.1 Å². The summed E-state index contributed by atoms with van der Waals surface area (Å²) in [7, 11) is 0. The number of hydrogen-bond donors (Lipinski definition) is 1. The van der Waals surface area contributed by atoms with Gasteiger partial charge in [0.25, 0.3) is 5.69 Å². The van der Waals surface area contributed by atoms with E-state index in [1.54, 1.807) is 24.3 Å². The molecular weight excluding hydrogens is 442 g/mol. The van der Waals surface area contributed by atoms with E-state index in [9.17, 15) is 14.9 Å². The molecule has 0 bridgehead atoms. The quantitative estimate of drug-likeness (QED) is 0.284. The molecule has 3 aromatic rings. The first-order chi connectivity index (χ1) is 14.9. The lowest BCUT2D eigenvalue weighted by Gasteiger charge is -2.11. The Morgan fingerprint density at radius 1 is 1.29 bits per heavy atom. The minimum Gasteiger partial charge on any atom is -0.485 e. The number of nitro benzene ring substituents is 1. The van der Waals surface area contributed by atoms with Crippen molar-refractivity contribution in [2.24, 2.45) is 0 Å². The van der Waals surface area contributed by atoms with Crippen molar-refractivity contribution in [1.29, 1.82) is 0 Å². The van der Waals surface area contributed by atoms with Crippen molar-refractivity contribution >= 4 is 40.6 Å². The number of carbonyl (C=O) groups excluding carboxylic acids is 1. The van der Waals surface area contributed by atoms with Crippen LogP contribution in [0.4, 0.5) is 11.4 Å². The Hall–Kier alpha value is -3.11. The van der Waals surface area contributed by atoms with Crippen molar-refractivity contribution in [3.05, 3.63) is 69.0 Å². The normalized spacial score (nSPS) is 10.7. The van der Waals surface area contributed by atoms with E-state index in [0.29, 0.717) is 28.3 Å². The van der Waals surface area contributed by atoms with Crippen LogP contribution in [0.5, 0.6) is 5.75 Å². The standard InChI is InChI=1S/C20H20ClN5O4S/c1-3-25-18(11-30-17-9-8-14(21)10-13(17)2)23-24-20(25)31-12-19(27)22-15-6-4-5-7-16(15)26(28)29/h4-10H,3,11-12H2,1-2H3,(H,22,27). The molecule has 0 aliphatic carbocycles. The van der Waals surface area contributed by atoms with Gasteiger partial charge >= 0.3 is 0 Å². The molecule has 3 rings (SSSR count). The SMILES string of the molecule is CCn1c(COc2ccc(Cl)cc2C)nnc1SCC(=O)Nc1ccccc1[N+](=O)[O-]. The second kappa shape index (κ2) is 10.3. The molecule has 1 amide bonds. The third-order valence-electron chi connectivity index (χ3n) is 4.31. The molecule has 2 aromatic carbocycles. The first-order valence-electron chi connectivity index (χ1n) is 9.36. The fraction of sp³-hybridized carbons (Fsp3) is 0.250. The molecule has 11 heteroatoms. The molecule has 31 heavy (non-hydrogen) atoms. The van der Waals surface area contributed by atoms with E-state index in [2.05, 4.69) is 15.5 Å². The zero-order chi connectivity index (χ0) is 22.4. The minimum absolute atomic E-state index is 0.0291. The average Bonchev–Trinajstić information content (AvgIpc) is 3.13. The van der Waals surface area contributed by atoms with Crippen LogP contribution in [0, 0.1) is 17.0 Å². The van der Waals surface area contributed by atoms with Crippen molar-refractivity contribution in [3.8, 4) is 5.75 Å². The predicted molar refractivity (Wildman–Crippen MR) is 119 cm³/mol. The van der Waals surface area contributed by atoms with E-state index in [4.69, 9.17) is 16.3 Å². The Kier molecular flexibility index (Phi) is 7.48. The van der Waals surface area contributed by atoms with Crippen LogP contribution in [0.25, 0.3) is 0 Å². The number of nitrogens with zero attached hydrogens (tertiary/aromatic N) is 4. The van der Waals surface area contributed by atoms with Crippen LogP contribution in [-0.2, 0) is 17.9 Å². The number of rotatable bonds is 9. The first-order valence-corrected chi connectivity index (χ1v) is 10.7. The number of para-hydroxylation sites is 2. The van der Waals surface area contributed by atoms with Crippen LogP contribution in [0.1, 0.15) is 18.3 Å². The van der Waals surface area contributed by atoms with Gasteiger partial charge in [-0.05, 0) is 43.7 Å². The summed E-state index contributed by atoms with van der Waals surface area (Å²) in [6.45, 7) is 4.66. The monoisotopic (exact) mass is 461 g/mol. The molecule has 0 aliphatic rings. The lowest BCUT2D eigenvalue weighted by atomic mass is 10.2. The van der Waals surface area contributed by atoms with Gasteiger partial charge in [0, 0.05) is 17.6 Å². The van der Waals surface area contributed by atoms with Gasteiger partial charge in [0.2, 0.25) is 5.91 Å². The number of benzene rings is 2. The van der Waals surface area contributed by atoms with Gasteiger partial charge in [0.05, 0.1) is 10.7 Å². The second-order valence-corrected chi connectivity index (χ2v) is 7.83. The number of anilines is 1. The Morgan fingerprint density at radius 2 is 2.06 bits per heavy atom. The molecule has 0 radical (unpaired) electrons. The van der Waals surface area contributed by atoms with Crippen molar-refractivity contribution in [3.63, 3.8) is 0 Å². The lowest BCUT2D eigenvalue weighted by Crippen LogP contribution is -2.15. The number of nitro groups is 1. The number of hydrogen-bond acceptors (Lipinski definition) is 7. The zero-order valence-corrected chi connectivity index (χ0v) is 18.4. The number of carbonyl (C=O) groups is 1. The van der Waals surface area contributed by atoms with Gasteiger partial charge in [-0.2, -0.15) is 0 Å². The van der Waals surface area contributed by atoms with E-state index in [1.165, 1.54) is 23.9 Å². The highest BCUT2D eigenvalue weighted by atomic mass is 35.5. The Labute approximate surface area is 187 Å². The molecule has 0 fully saturated rings. The summed E-state index contributed by atoms with van der Waals surface area (Å²) in [5.41, 5.74) is 0.910. The van der Waals surface area contributed by atoms with E-state index in [1.807, 2.05) is 24.5 Å². The van der Waals surface area contributed by atoms with Gasteiger partial charge in [-0.25, -0.2) is 0 Å². The third kappa shape index (κ3) is 5.74. The van der Waals surface area contributed by atoms with E-state index < -0.39 is 4.92 Å². The van der Waals surface area contributed by atoms with Crippen LogP contribution >= 0.6 is 23.4 Å². The van der Waals surface area contributed by atoms with E-state index in [-0.39, 0.29) is 29.6 Å². The predicted octanol–water partition coefficient (Wildman–Crippen LogP) is 4.48. The maximum absolute atomic E-state index is 12.3. The molecular formula is C20H20ClN5O4S. The van der Waals surface area contributed by atoms with E-state index in [0.717, 1.165) is 5.56 Å². The number of aryl methyl sites for hydroxylation is 1. The number of aromatic nitrogens is 3.